The van der Waals surface area contributed by atoms with Crippen molar-refractivity contribution in [2.75, 3.05) is 7.11 Å². The third-order valence-electron chi connectivity index (χ3n) is 3.61. The second-order valence-corrected chi connectivity index (χ2v) is 5.72. The van der Waals surface area contributed by atoms with Crippen LogP contribution in [0.1, 0.15) is 31.7 Å². The van der Waals surface area contributed by atoms with E-state index >= 15 is 0 Å². The Hall–Kier alpha value is -2.95. The van der Waals surface area contributed by atoms with Gasteiger partial charge in [-0.05, 0) is 30.5 Å². The Kier molecular flexibility index (Phi) is 8.78. The van der Waals surface area contributed by atoms with Gasteiger partial charge in [-0.15, -0.1) is 0 Å². The molecule has 8 heteroatoms. The van der Waals surface area contributed by atoms with Crippen LogP contribution in [0, 0.1) is 17.1 Å². The zero-order valence-electron chi connectivity index (χ0n) is 14.8. The van der Waals surface area contributed by atoms with Gasteiger partial charge in [-0.2, -0.15) is 5.26 Å². The normalized spacial score (nSPS) is 12.4. The topological polar surface area (TPSA) is 108 Å². The van der Waals surface area contributed by atoms with Crippen molar-refractivity contribution in [3.05, 3.63) is 35.6 Å². The zero-order chi connectivity index (χ0) is 19.5. The second kappa shape index (κ2) is 10.8. The Morgan fingerprint density at radius 1 is 1.27 bits per heavy atom. The summed E-state index contributed by atoms with van der Waals surface area (Å²) in [6.45, 7) is 1.26. The van der Waals surface area contributed by atoms with E-state index in [1.165, 1.54) is 32.2 Å². The molecule has 1 aromatic rings. The van der Waals surface area contributed by atoms with Crippen LogP contribution in [-0.2, 0) is 25.5 Å². The van der Waals surface area contributed by atoms with Crippen LogP contribution in [0.15, 0.2) is 24.3 Å². The van der Waals surface area contributed by atoms with Crippen molar-refractivity contribution < 1.29 is 23.5 Å². The number of carbonyl (C=O) groups excluding carboxylic acids is 3. The fourth-order valence-corrected chi connectivity index (χ4v) is 2.40. The number of amides is 2. The molecule has 7 nitrogen and oxygen atoms in total. The average molecular weight is 363 g/mol. The van der Waals surface area contributed by atoms with Crippen molar-refractivity contribution in [1.29, 1.82) is 5.26 Å². The molecule has 0 unspecified atom stereocenters. The molecule has 1 aromatic carbocycles. The number of nitrogens with one attached hydrogen (secondary N) is 2. The molecular formula is C18H22FN3O4. The molecule has 0 heterocycles. The third-order valence-corrected chi connectivity index (χ3v) is 3.61. The van der Waals surface area contributed by atoms with E-state index in [0.29, 0.717) is 12.0 Å². The summed E-state index contributed by atoms with van der Waals surface area (Å²) in [7, 11) is 1.20. The number of ether oxygens (including phenoxy) is 1. The molecule has 1 rings (SSSR count). The molecule has 2 N–H and O–H groups in total. The van der Waals surface area contributed by atoms with Crippen molar-refractivity contribution in [2.45, 2.75) is 44.7 Å². The number of hydrogen-bond acceptors (Lipinski definition) is 5. The highest BCUT2D eigenvalue weighted by molar-refractivity contribution is 5.90. The summed E-state index contributed by atoms with van der Waals surface area (Å²) in [5.41, 5.74) is 0.526. The number of benzene rings is 1. The van der Waals surface area contributed by atoms with E-state index in [-0.39, 0.29) is 19.3 Å². The summed E-state index contributed by atoms with van der Waals surface area (Å²) in [6.07, 6.45) is 0.945. The highest BCUT2D eigenvalue weighted by Crippen LogP contribution is 2.08. The van der Waals surface area contributed by atoms with E-state index in [4.69, 9.17) is 5.26 Å². The number of halogens is 1. The van der Waals surface area contributed by atoms with Crippen LogP contribution in [0.5, 0.6) is 0 Å². The number of esters is 1. The van der Waals surface area contributed by atoms with Crippen LogP contribution in [0.4, 0.5) is 4.39 Å². The van der Waals surface area contributed by atoms with Crippen LogP contribution in [0.25, 0.3) is 0 Å². The van der Waals surface area contributed by atoms with E-state index in [2.05, 4.69) is 15.4 Å². The molecule has 26 heavy (non-hydrogen) atoms. The second-order valence-electron chi connectivity index (χ2n) is 5.72. The number of rotatable bonds is 9. The Balaban J connectivity index is 2.86. The molecule has 140 valence electrons. The minimum atomic E-state index is -0.975. The summed E-state index contributed by atoms with van der Waals surface area (Å²) < 4.78 is 18.0. The van der Waals surface area contributed by atoms with Gasteiger partial charge >= 0.3 is 5.97 Å². The molecule has 0 aliphatic rings. The Morgan fingerprint density at radius 2 is 2.00 bits per heavy atom. The third kappa shape index (κ3) is 7.30. The fraction of sp³-hybridized carbons (Fsp3) is 0.444. The molecule has 0 bridgehead atoms. The first kappa shape index (κ1) is 21.1. The lowest BCUT2D eigenvalue weighted by atomic mass is 10.0. The van der Waals surface area contributed by atoms with Gasteiger partial charge < -0.3 is 15.4 Å². The van der Waals surface area contributed by atoms with Crippen molar-refractivity contribution in [2.24, 2.45) is 0 Å². The van der Waals surface area contributed by atoms with Crippen LogP contribution < -0.4 is 10.6 Å². The van der Waals surface area contributed by atoms with Crippen LogP contribution in [-0.4, -0.2) is 37.0 Å². The molecule has 0 saturated carbocycles. The first-order valence-corrected chi connectivity index (χ1v) is 8.14. The molecule has 0 radical (unpaired) electrons. The highest BCUT2D eigenvalue weighted by Gasteiger charge is 2.26. The van der Waals surface area contributed by atoms with Crippen LogP contribution in [0.3, 0.4) is 0 Å². The fourth-order valence-electron chi connectivity index (χ4n) is 2.40. The average Bonchev–Trinajstić information content (AvgIpc) is 2.59. The van der Waals surface area contributed by atoms with Gasteiger partial charge in [0.25, 0.3) is 0 Å². The summed E-state index contributed by atoms with van der Waals surface area (Å²) in [5, 5.41) is 13.6. The molecule has 2 amide bonds. The molecule has 2 atom stereocenters. The molecule has 0 spiro atoms. The monoisotopic (exact) mass is 363 g/mol. The smallest absolute Gasteiger partial charge is 0.328 e. The Labute approximate surface area is 151 Å². The lowest BCUT2D eigenvalue weighted by Crippen LogP contribution is -2.52. The summed E-state index contributed by atoms with van der Waals surface area (Å²) >= 11 is 0. The van der Waals surface area contributed by atoms with Gasteiger partial charge in [-0.1, -0.05) is 12.1 Å². The standard InChI is InChI=1S/C18H22FN3O4/c1-12(23)21-16(11-13-6-5-7-14(19)10-13)17(24)22-15(18(25)26-2)8-3-4-9-20/h5-7,10,15-16H,3-4,8,11H2,1-2H3,(H,21,23)(H,22,24)/t15-,16-/m0/s1. The van der Waals surface area contributed by atoms with Gasteiger partial charge in [0.05, 0.1) is 13.2 Å². The molecule has 0 saturated heterocycles. The first-order chi connectivity index (χ1) is 12.4. The van der Waals surface area contributed by atoms with Gasteiger partial charge in [0.15, 0.2) is 0 Å². The van der Waals surface area contributed by atoms with Crippen molar-refractivity contribution >= 4 is 17.8 Å². The highest BCUT2D eigenvalue weighted by atomic mass is 19.1. The number of nitriles is 1. The van der Waals surface area contributed by atoms with E-state index in [9.17, 15) is 18.8 Å². The van der Waals surface area contributed by atoms with E-state index < -0.39 is 35.7 Å². The molecule has 0 aromatic heterocycles. The van der Waals surface area contributed by atoms with Gasteiger partial charge in [0, 0.05) is 19.8 Å². The van der Waals surface area contributed by atoms with Gasteiger partial charge in [-0.3, -0.25) is 9.59 Å². The first-order valence-electron chi connectivity index (χ1n) is 8.14. The minimum absolute atomic E-state index is 0.0647. The van der Waals surface area contributed by atoms with Crippen molar-refractivity contribution in [3.8, 4) is 6.07 Å². The Morgan fingerprint density at radius 3 is 2.58 bits per heavy atom. The molecule has 0 fully saturated rings. The maximum absolute atomic E-state index is 13.3. The van der Waals surface area contributed by atoms with Crippen LogP contribution in [0.2, 0.25) is 0 Å². The van der Waals surface area contributed by atoms with Gasteiger partial charge in [-0.25, -0.2) is 9.18 Å². The lowest BCUT2D eigenvalue weighted by molar-refractivity contribution is -0.145. The molecular weight excluding hydrogens is 341 g/mol. The number of hydrogen-bond donors (Lipinski definition) is 2. The SMILES string of the molecule is COC(=O)[C@H](CCCC#N)NC(=O)[C@H](Cc1cccc(F)c1)NC(C)=O. The Bertz CT molecular complexity index is 687. The lowest BCUT2D eigenvalue weighted by Gasteiger charge is -2.22. The number of methoxy groups -OCH3 is 1. The predicted molar refractivity (Wildman–Crippen MR) is 91.1 cm³/mol. The molecule has 0 aliphatic heterocycles. The van der Waals surface area contributed by atoms with E-state index in [1.807, 2.05) is 6.07 Å². The summed E-state index contributed by atoms with van der Waals surface area (Å²) in [5.74, 6) is -2.10. The van der Waals surface area contributed by atoms with E-state index in [0.717, 1.165) is 0 Å². The zero-order valence-corrected chi connectivity index (χ0v) is 14.8. The molecule has 0 aliphatic carbocycles. The number of unbranched alkanes of at least 4 members (excludes halogenated alkanes) is 1. The number of nitrogens with zero attached hydrogens (tertiary/aromatic N) is 1. The van der Waals surface area contributed by atoms with Gasteiger partial charge in [0.1, 0.15) is 17.9 Å². The summed E-state index contributed by atoms with van der Waals surface area (Å²) in [4.78, 5) is 35.8. The quantitative estimate of drug-likeness (QED) is 0.507. The number of carbonyl (C=O) groups is 3. The van der Waals surface area contributed by atoms with Gasteiger partial charge in [0.2, 0.25) is 11.8 Å². The van der Waals surface area contributed by atoms with Crippen molar-refractivity contribution in [1.82, 2.24) is 10.6 Å². The largest absolute Gasteiger partial charge is 0.467 e. The predicted octanol–water partition coefficient (Wildman–Crippen LogP) is 1.22. The van der Waals surface area contributed by atoms with E-state index in [1.54, 1.807) is 6.07 Å². The summed E-state index contributed by atoms with van der Waals surface area (Å²) in [6, 6.07) is 5.75. The maximum atomic E-state index is 13.3. The van der Waals surface area contributed by atoms with Crippen molar-refractivity contribution in [3.63, 3.8) is 0 Å². The minimum Gasteiger partial charge on any atom is -0.467 e. The van der Waals surface area contributed by atoms with Crippen LogP contribution >= 0.6 is 0 Å². The maximum Gasteiger partial charge on any atom is 0.328 e.